The number of fused-ring (bicyclic) bond motifs is 1. The molecule has 0 aliphatic rings. The van der Waals surface area contributed by atoms with Gasteiger partial charge >= 0.3 is 0 Å². The third-order valence-corrected chi connectivity index (χ3v) is 2.93. The zero-order chi connectivity index (χ0) is 14.5. The first-order valence-electron chi connectivity index (χ1n) is 6.22. The average molecular weight is 272 g/mol. The normalized spacial score (nSPS) is 12.1. The molecule has 2 amide bonds. The van der Waals surface area contributed by atoms with Gasteiger partial charge < -0.3 is 16.8 Å². The number of nitrogens with two attached hydrogens (primary N) is 2. The molecule has 1 aromatic carbocycles. The predicted octanol–water partition coefficient (Wildman–Crippen LogP) is 0.0537. The number of nitrogens with zero attached hydrogens (tertiary/aromatic N) is 1. The van der Waals surface area contributed by atoms with Crippen molar-refractivity contribution >= 4 is 22.7 Å². The second-order valence-electron chi connectivity index (χ2n) is 4.49. The van der Waals surface area contributed by atoms with Crippen LogP contribution in [0.2, 0.25) is 0 Å². The summed E-state index contributed by atoms with van der Waals surface area (Å²) in [5.74, 6) is -1.00. The van der Waals surface area contributed by atoms with Gasteiger partial charge in [0, 0.05) is 18.1 Å². The summed E-state index contributed by atoms with van der Waals surface area (Å²) in [7, 11) is 0. The number of nitrogens with one attached hydrogen (secondary N) is 1. The van der Waals surface area contributed by atoms with Gasteiger partial charge in [0.15, 0.2) is 0 Å². The van der Waals surface area contributed by atoms with Gasteiger partial charge in [-0.2, -0.15) is 0 Å². The van der Waals surface area contributed by atoms with Gasteiger partial charge in [0.25, 0.3) is 0 Å². The minimum Gasteiger partial charge on any atom is -0.370 e. The molecule has 1 heterocycles. The van der Waals surface area contributed by atoms with E-state index in [9.17, 15) is 9.59 Å². The highest BCUT2D eigenvalue weighted by Gasteiger charge is 2.15. The molecule has 1 aromatic heterocycles. The first kappa shape index (κ1) is 14.0. The molecule has 1 atom stereocenters. The van der Waals surface area contributed by atoms with Gasteiger partial charge in [-0.3, -0.25) is 14.6 Å². The molecule has 104 valence electrons. The molecular weight excluding hydrogens is 256 g/mol. The fourth-order valence-corrected chi connectivity index (χ4v) is 1.93. The highest BCUT2D eigenvalue weighted by molar-refractivity contribution is 5.88. The van der Waals surface area contributed by atoms with Crippen LogP contribution >= 0.6 is 0 Å². The molecule has 6 nitrogen and oxygen atoms in total. The zero-order valence-corrected chi connectivity index (χ0v) is 10.9. The highest BCUT2D eigenvalue weighted by atomic mass is 16.2. The molecule has 0 bridgehead atoms. The fourth-order valence-electron chi connectivity index (χ4n) is 1.93. The van der Waals surface area contributed by atoms with Crippen LogP contribution in [0.1, 0.15) is 12.0 Å². The maximum Gasteiger partial charge on any atom is 0.237 e. The van der Waals surface area contributed by atoms with Crippen molar-refractivity contribution in [3.8, 4) is 0 Å². The molecule has 2 aromatic rings. The van der Waals surface area contributed by atoms with E-state index in [1.165, 1.54) is 0 Å². The Hall–Kier alpha value is -2.47. The van der Waals surface area contributed by atoms with Crippen LogP contribution in [0.4, 0.5) is 0 Å². The molecule has 20 heavy (non-hydrogen) atoms. The lowest BCUT2D eigenvalue weighted by molar-refractivity contribution is -0.126. The maximum absolute atomic E-state index is 11.7. The Labute approximate surface area is 116 Å². The Kier molecular flexibility index (Phi) is 4.27. The molecule has 0 aliphatic heterocycles. The van der Waals surface area contributed by atoms with E-state index in [1.807, 2.05) is 30.3 Å². The molecule has 5 N–H and O–H groups in total. The number of para-hydroxylation sites is 1. The third kappa shape index (κ3) is 3.30. The number of pyridine rings is 1. The van der Waals surface area contributed by atoms with Crippen molar-refractivity contribution in [3.05, 3.63) is 42.1 Å². The van der Waals surface area contributed by atoms with Gasteiger partial charge in [-0.25, -0.2) is 0 Å². The van der Waals surface area contributed by atoms with Crippen LogP contribution in [0, 0.1) is 0 Å². The minimum absolute atomic E-state index is 0.167. The quantitative estimate of drug-likeness (QED) is 0.714. The van der Waals surface area contributed by atoms with Crippen molar-refractivity contribution in [1.82, 2.24) is 10.3 Å². The van der Waals surface area contributed by atoms with Crippen LogP contribution in [0.5, 0.6) is 0 Å². The van der Waals surface area contributed by atoms with Crippen LogP contribution in [0.25, 0.3) is 10.9 Å². The monoisotopic (exact) mass is 272 g/mol. The summed E-state index contributed by atoms with van der Waals surface area (Å²) in [6, 6.07) is 8.62. The second-order valence-corrected chi connectivity index (χ2v) is 4.49. The van der Waals surface area contributed by atoms with E-state index >= 15 is 0 Å². The topological polar surface area (TPSA) is 111 Å². The number of primary amides is 1. The van der Waals surface area contributed by atoms with Gasteiger partial charge in [-0.15, -0.1) is 0 Å². The average Bonchev–Trinajstić information content (AvgIpc) is 2.44. The van der Waals surface area contributed by atoms with Gasteiger partial charge in [0.1, 0.15) is 0 Å². The Morgan fingerprint density at radius 3 is 2.75 bits per heavy atom. The summed E-state index contributed by atoms with van der Waals surface area (Å²) in [6.07, 6.45) is 1.53. The van der Waals surface area contributed by atoms with Crippen molar-refractivity contribution in [1.29, 1.82) is 0 Å². The van der Waals surface area contributed by atoms with Gasteiger partial charge in [0.2, 0.25) is 11.8 Å². The van der Waals surface area contributed by atoms with E-state index in [1.54, 1.807) is 6.20 Å². The van der Waals surface area contributed by atoms with Crippen molar-refractivity contribution in [2.75, 3.05) is 0 Å². The third-order valence-electron chi connectivity index (χ3n) is 2.93. The number of carbonyl (C=O) groups is 2. The standard InChI is InChI=1S/C14H16N4O2/c15-11(7-12(16)19)14(20)18-8-10-4-1-3-9-5-2-6-17-13(9)10/h1-6,11H,7-8,15H2,(H2,16,19)(H,18,20). The van der Waals surface area contributed by atoms with Gasteiger partial charge in [0.05, 0.1) is 18.0 Å². The summed E-state index contributed by atoms with van der Waals surface area (Å²) in [6.45, 7) is 0.305. The highest BCUT2D eigenvalue weighted by Crippen LogP contribution is 2.15. The lowest BCUT2D eigenvalue weighted by Crippen LogP contribution is -2.42. The largest absolute Gasteiger partial charge is 0.370 e. The van der Waals surface area contributed by atoms with Gasteiger partial charge in [-0.1, -0.05) is 24.3 Å². The van der Waals surface area contributed by atoms with Crippen molar-refractivity contribution in [2.45, 2.75) is 19.0 Å². The molecule has 1 unspecified atom stereocenters. The van der Waals surface area contributed by atoms with Crippen molar-refractivity contribution in [2.24, 2.45) is 11.5 Å². The van der Waals surface area contributed by atoms with Crippen LogP contribution in [-0.4, -0.2) is 22.8 Å². The van der Waals surface area contributed by atoms with Crippen molar-refractivity contribution in [3.63, 3.8) is 0 Å². The molecular formula is C14H16N4O2. The second kappa shape index (κ2) is 6.12. The van der Waals surface area contributed by atoms with Crippen LogP contribution in [0.15, 0.2) is 36.5 Å². The van der Waals surface area contributed by atoms with E-state index in [-0.39, 0.29) is 6.42 Å². The predicted molar refractivity (Wildman–Crippen MR) is 75.4 cm³/mol. The van der Waals surface area contributed by atoms with Gasteiger partial charge in [-0.05, 0) is 11.6 Å². The van der Waals surface area contributed by atoms with Crippen LogP contribution in [0.3, 0.4) is 0 Å². The molecule has 0 fully saturated rings. The van der Waals surface area contributed by atoms with E-state index in [4.69, 9.17) is 11.5 Å². The number of benzene rings is 1. The summed E-state index contributed by atoms with van der Waals surface area (Å²) >= 11 is 0. The molecule has 0 spiro atoms. The molecule has 2 rings (SSSR count). The number of hydrogen-bond donors (Lipinski definition) is 3. The Morgan fingerprint density at radius 2 is 2.00 bits per heavy atom. The molecule has 0 radical (unpaired) electrons. The summed E-state index contributed by atoms with van der Waals surface area (Å²) in [5, 5.41) is 3.69. The smallest absolute Gasteiger partial charge is 0.237 e. The Bertz CT molecular complexity index is 637. The molecule has 0 aliphatic carbocycles. The maximum atomic E-state index is 11.7. The molecule has 6 heteroatoms. The number of carbonyl (C=O) groups excluding carboxylic acids is 2. The van der Waals surface area contributed by atoms with E-state index in [0.717, 1.165) is 16.5 Å². The number of hydrogen-bond acceptors (Lipinski definition) is 4. The molecule has 0 saturated heterocycles. The van der Waals surface area contributed by atoms with E-state index in [2.05, 4.69) is 10.3 Å². The lowest BCUT2D eigenvalue weighted by atomic mass is 10.1. The number of amides is 2. The summed E-state index contributed by atoms with van der Waals surface area (Å²) in [4.78, 5) is 26.7. The van der Waals surface area contributed by atoms with Crippen LogP contribution < -0.4 is 16.8 Å². The Morgan fingerprint density at radius 1 is 1.25 bits per heavy atom. The van der Waals surface area contributed by atoms with Crippen molar-refractivity contribution < 1.29 is 9.59 Å². The fraction of sp³-hybridized carbons (Fsp3) is 0.214. The molecule has 0 saturated carbocycles. The zero-order valence-electron chi connectivity index (χ0n) is 10.9. The first-order valence-corrected chi connectivity index (χ1v) is 6.22. The van der Waals surface area contributed by atoms with E-state index in [0.29, 0.717) is 6.54 Å². The summed E-state index contributed by atoms with van der Waals surface area (Å²) in [5.41, 5.74) is 12.3. The minimum atomic E-state index is -0.921. The Balaban J connectivity index is 2.06. The van der Waals surface area contributed by atoms with Crippen LogP contribution in [-0.2, 0) is 16.1 Å². The first-order chi connectivity index (χ1) is 9.58. The number of aromatic nitrogens is 1. The van der Waals surface area contributed by atoms with E-state index < -0.39 is 17.9 Å². The number of rotatable bonds is 5. The SMILES string of the molecule is NC(=O)CC(N)C(=O)NCc1cccc2cccnc12. The lowest BCUT2D eigenvalue weighted by Gasteiger charge is -2.11. The summed E-state index contributed by atoms with van der Waals surface area (Å²) < 4.78 is 0.